The van der Waals surface area contributed by atoms with Crippen LogP contribution in [0.1, 0.15) is 39.5 Å². The van der Waals surface area contributed by atoms with Crippen LogP contribution >= 0.6 is 0 Å². The lowest BCUT2D eigenvalue weighted by Gasteiger charge is -2.41. The zero-order valence-electron chi connectivity index (χ0n) is 10.3. The van der Waals surface area contributed by atoms with E-state index >= 15 is 0 Å². The molecule has 2 heteroatoms. The van der Waals surface area contributed by atoms with Crippen LogP contribution in [0.5, 0.6) is 0 Å². The fraction of sp³-hybridized carbons (Fsp3) is 0.846. The summed E-state index contributed by atoms with van der Waals surface area (Å²) in [4.78, 5) is 2.59. The van der Waals surface area contributed by atoms with Gasteiger partial charge < -0.3 is 5.32 Å². The summed E-state index contributed by atoms with van der Waals surface area (Å²) in [6, 6.07) is 1.94. The second-order valence-corrected chi connectivity index (χ2v) is 4.57. The summed E-state index contributed by atoms with van der Waals surface area (Å²) in [6.07, 6.45) is 9.98. The molecule has 0 aromatic heterocycles. The molecule has 2 nitrogen and oxygen atoms in total. The normalized spacial score (nSPS) is 29.7. The van der Waals surface area contributed by atoms with Gasteiger partial charge in [0.2, 0.25) is 0 Å². The lowest BCUT2D eigenvalue weighted by molar-refractivity contribution is 0.0890. The standard InChI is InChI=1S/C13H24N2/c1-5-7-13(6-2)15-9-8-12(14-4)10-11(15)3/h1,11-14H,6-10H2,2-4H3. The number of terminal acetylenes is 1. The highest BCUT2D eigenvalue weighted by molar-refractivity contribution is 4.93. The Morgan fingerprint density at radius 3 is 2.80 bits per heavy atom. The van der Waals surface area contributed by atoms with Crippen molar-refractivity contribution < 1.29 is 0 Å². The molecule has 15 heavy (non-hydrogen) atoms. The molecular weight excluding hydrogens is 184 g/mol. The average molecular weight is 208 g/mol. The minimum atomic E-state index is 0.586. The summed E-state index contributed by atoms with van der Waals surface area (Å²) in [5, 5.41) is 3.38. The van der Waals surface area contributed by atoms with Crippen LogP contribution in [0.3, 0.4) is 0 Å². The Kier molecular flexibility index (Phi) is 5.14. The van der Waals surface area contributed by atoms with Crippen molar-refractivity contribution in [3.8, 4) is 12.3 Å². The molecule has 1 aliphatic rings. The number of hydrogen-bond acceptors (Lipinski definition) is 2. The summed E-state index contributed by atoms with van der Waals surface area (Å²) in [7, 11) is 2.06. The van der Waals surface area contributed by atoms with E-state index in [1.165, 1.54) is 25.8 Å². The van der Waals surface area contributed by atoms with Crippen molar-refractivity contribution in [2.45, 2.75) is 57.7 Å². The molecule has 0 aliphatic carbocycles. The number of nitrogens with zero attached hydrogens (tertiary/aromatic N) is 1. The van der Waals surface area contributed by atoms with E-state index in [9.17, 15) is 0 Å². The molecule has 1 saturated heterocycles. The molecule has 0 radical (unpaired) electrons. The number of rotatable bonds is 4. The number of likely N-dealkylation sites (tertiary alicyclic amines) is 1. The van der Waals surface area contributed by atoms with Crippen LogP contribution in [-0.2, 0) is 0 Å². The summed E-state index contributed by atoms with van der Waals surface area (Å²) in [6.45, 7) is 5.74. The molecule has 1 aliphatic heterocycles. The quantitative estimate of drug-likeness (QED) is 0.709. The topological polar surface area (TPSA) is 15.3 Å². The first-order chi connectivity index (χ1) is 7.22. The number of piperidine rings is 1. The summed E-state index contributed by atoms with van der Waals surface area (Å²) >= 11 is 0. The molecule has 3 atom stereocenters. The van der Waals surface area contributed by atoms with Gasteiger partial charge in [0.1, 0.15) is 0 Å². The van der Waals surface area contributed by atoms with Crippen molar-refractivity contribution in [3.63, 3.8) is 0 Å². The molecule has 1 N–H and O–H groups in total. The highest BCUT2D eigenvalue weighted by Gasteiger charge is 2.28. The molecule has 3 unspecified atom stereocenters. The van der Waals surface area contributed by atoms with Gasteiger partial charge in [0, 0.05) is 31.1 Å². The molecule has 0 spiro atoms. The fourth-order valence-corrected chi connectivity index (χ4v) is 2.63. The molecule has 0 amide bonds. The summed E-state index contributed by atoms with van der Waals surface area (Å²) in [5.74, 6) is 2.80. The van der Waals surface area contributed by atoms with Crippen LogP contribution < -0.4 is 5.32 Å². The Labute approximate surface area is 94.4 Å². The average Bonchev–Trinajstić information content (AvgIpc) is 2.26. The summed E-state index contributed by atoms with van der Waals surface area (Å²) < 4.78 is 0. The first kappa shape index (κ1) is 12.5. The predicted octanol–water partition coefficient (Wildman–Crippen LogP) is 1.86. The van der Waals surface area contributed by atoms with E-state index in [4.69, 9.17) is 6.42 Å². The van der Waals surface area contributed by atoms with Gasteiger partial charge >= 0.3 is 0 Å². The molecule has 1 fully saturated rings. The highest BCUT2D eigenvalue weighted by Crippen LogP contribution is 2.22. The van der Waals surface area contributed by atoms with Crippen LogP contribution in [0.25, 0.3) is 0 Å². The van der Waals surface area contributed by atoms with Crippen LogP contribution in [-0.4, -0.2) is 36.6 Å². The monoisotopic (exact) mass is 208 g/mol. The van der Waals surface area contributed by atoms with E-state index in [0.29, 0.717) is 18.1 Å². The van der Waals surface area contributed by atoms with Gasteiger partial charge in [0.25, 0.3) is 0 Å². The Hall–Kier alpha value is -0.520. The first-order valence-corrected chi connectivity index (χ1v) is 6.09. The Bertz CT molecular complexity index is 219. The van der Waals surface area contributed by atoms with Crippen molar-refractivity contribution in [2.24, 2.45) is 0 Å². The van der Waals surface area contributed by atoms with Crippen LogP contribution in [0.2, 0.25) is 0 Å². The zero-order valence-corrected chi connectivity index (χ0v) is 10.3. The van der Waals surface area contributed by atoms with Crippen LogP contribution in [0.4, 0.5) is 0 Å². The van der Waals surface area contributed by atoms with E-state index < -0.39 is 0 Å². The lowest BCUT2D eigenvalue weighted by Crippen LogP contribution is -2.50. The molecule has 0 saturated carbocycles. The lowest BCUT2D eigenvalue weighted by atomic mass is 9.95. The van der Waals surface area contributed by atoms with Crippen molar-refractivity contribution in [1.29, 1.82) is 0 Å². The van der Waals surface area contributed by atoms with Gasteiger partial charge in [-0.1, -0.05) is 6.92 Å². The molecular formula is C13H24N2. The second-order valence-electron chi connectivity index (χ2n) is 4.57. The maximum Gasteiger partial charge on any atom is 0.0242 e. The smallest absolute Gasteiger partial charge is 0.0242 e. The van der Waals surface area contributed by atoms with E-state index in [1.807, 2.05) is 0 Å². The minimum Gasteiger partial charge on any atom is -0.317 e. The third kappa shape index (κ3) is 3.22. The number of hydrogen-bond donors (Lipinski definition) is 1. The predicted molar refractivity (Wildman–Crippen MR) is 65.8 cm³/mol. The highest BCUT2D eigenvalue weighted by atomic mass is 15.2. The van der Waals surface area contributed by atoms with E-state index in [-0.39, 0.29) is 0 Å². The van der Waals surface area contributed by atoms with E-state index in [2.05, 4.69) is 37.0 Å². The first-order valence-electron chi connectivity index (χ1n) is 6.09. The van der Waals surface area contributed by atoms with E-state index in [1.54, 1.807) is 0 Å². The largest absolute Gasteiger partial charge is 0.317 e. The van der Waals surface area contributed by atoms with Gasteiger partial charge in [-0.2, -0.15) is 0 Å². The molecule has 0 aromatic rings. The van der Waals surface area contributed by atoms with Crippen LogP contribution in [0, 0.1) is 12.3 Å². The van der Waals surface area contributed by atoms with Gasteiger partial charge in [0.05, 0.1) is 0 Å². The third-order valence-corrected chi connectivity index (χ3v) is 3.63. The maximum atomic E-state index is 5.42. The number of nitrogens with one attached hydrogen (secondary N) is 1. The second kappa shape index (κ2) is 6.15. The van der Waals surface area contributed by atoms with Crippen molar-refractivity contribution in [1.82, 2.24) is 10.2 Å². The van der Waals surface area contributed by atoms with Gasteiger partial charge in [-0.05, 0) is 33.2 Å². The van der Waals surface area contributed by atoms with Gasteiger partial charge in [0.15, 0.2) is 0 Å². The third-order valence-electron chi connectivity index (χ3n) is 3.63. The SMILES string of the molecule is C#CCC(CC)N1CCC(NC)CC1C. The molecule has 1 heterocycles. The molecule has 86 valence electrons. The van der Waals surface area contributed by atoms with Gasteiger partial charge in [-0.25, -0.2) is 0 Å². The molecule has 0 bridgehead atoms. The Morgan fingerprint density at radius 2 is 2.33 bits per heavy atom. The van der Waals surface area contributed by atoms with Crippen molar-refractivity contribution in [3.05, 3.63) is 0 Å². The molecule has 1 rings (SSSR count). The van der Waals surface area contributed by atoms with Crippen molar-refractivity contribution in [2.75, 3.05) is 13.6 Å². The molecule has 0 aromatic carbocycles. The Balaban J connectivity index is 2.52. The zero-order chi connectivity index (χ0) is 11.3. The van der Waals surface area contributed by atoms with Gasteiger partial charge in [-0.3, -0.25) is 4.90 Å². The van der Waals surface area contributed by atoms with Gasteiger partial charge in [-0.15, -0.1) is 12.3 Å². The Morgan fingerprint density at radius 1 is 1.60 bits per heavy atom. The minimum absolute atomic E-state index is 0.586. The van der Waals surface area contributed by atoms with Crippen molar-refractivity contribution >= 4 is 0 Å². The summed E-state index contributed by atoms with van der Waals surface area (Å²) in [5.41, 5.74) is 0. The van der Waals surface area contributed by atoms with E-state index in [0.717, 1.165) is 6.42 Å². The van der Waals surface area contributed by atoms with Crippen LogP contribution in [0.15, 0.2) is 0 Å². The fourth-order valence-electron chi connectivity index (χ4n) is 2.63. The maximum absolute atomic E-state index is 5.42.